The van der Waals surface area contributed by atoms with Crippen LogP contribution < -0.4 is 10.1 Å². The molecule has 0 saturated heterocycles. The van der Waals surface area contributed by atoms with Gasteiger partial charge in [0.2, 0.25) is 5.91 Å². The van der Waals surface area contributed by atoms with Crippen molar-refractivity contribution >= 4 is 23.2 Å². The number of carbonyl (C=O) groups is 1. The summed E-state index contributed by atoms with van der Waals surface area (Å²) in [6.45, 7) is -2.95. The van der Waals surface area contributed by atoms with Crippen LogP contribution in [0.3, 0.4) is 0 Å². The van der Waals surface area contributed by atoms with Crippen LogP contribution in [0.25, 0.3) is 0 Å². The van der Waals surface area contributed by atoms with Crippen molar-refractivity contribution < 1.29 is 18.3 Å². The van der Waals surface area contributed by atoms with Gasteiger partial charge in [-0.1, -0.05) is 11.6 Å². The molecule has 2 atom stereocenters. The monoisotopic (exact) mass is 422 g/mol. The van der Waals surface area contributed by atoms with Gasteiger partial charge in [-0.15, -0.1) is 0 Å². The second-order valence-electron chi connectivity index (χ2n) is 8.78. The molecule has 4 aliphatic rings. The molecule has 9 heteroatoms. The molecule has 1 amide bonds. The number of ether oxygens (including phenoxy) is 1. The molecule has 4 fully saturated rings. The van der Waals surface area contributed by atoms with Crippen molar-refractivity contribution in [2.24, 2.45) is 17.3 Å². The number of nitrogens with zero attached hydrogens (tertiary/aromatic N) is 3. The lowest BCUT2D eigenvalue weighted by atomic mass is 9.46. The fourth-order valence-electron chi connectivity index (χ4n) is 6.23. The van der Waals surface area contributed by atoms with E-state index >= 15 is 0 Å². The van der Waals surface area contributed by atoms with Gasteiger partial charge >= 0.3 is 6.61 Å². The number of carbonyl (C=O) groups excluding carboxylic acids is 1. The largest absolute Gasteiger partial charge is 0.433 e. The maximum absolute atomic E-state index is 13.4. The predicted molar refractivity (Wildman–Crippen MR) is 102 cm³/mol. The molecule has 0 radical (unpaired) electrons. The first-order valence-corrected chi connectivity index (χ1v) is 10.2. The average Bonchev–Trinajstić information content (AvgIpc) is 3.18. The Bertz CT molecular complexity index is 923. The van der Waals surface area contributed by atoms with Crippen LogP contribution >= 0.6 is 11.6 Å². The van der Waals surface area contributed by atoms with E-state index in [-0.39, 0.29) is 22.2 Å². The van der Waals surface area contributed by atoms with Gasteiger partial charge in [0.25, 0.3) is 0 Å². The van der Waals surface area contributed by atoms with Gasteiger partial charge < -0.3 is 10.1 Å². The lowest BCUT2D eigenvalue weighted by Crippen LogP contribution is -2.60. The molecule has 1 heterocycles. The molecule has 2 aromatic rings. The van der Waals surface area contributed by atoms with Crippen LogP contribution in [-0.4, -0.2) is 27.3 Å². The standard InChI is InChI=1S/C20H21ClF2N4O2/c21-15-4-14(1-2-16(15)29-18(22)23)26-17(28)19-5-12-3-13(6-19)8-20(7-12,9-19)27-11-24-10-25-27/h1-2,4,10-13,18H,3,5-9H2,(H,26,28). The van der Waals surface area contributed by atoms with Crippen LogP contribution in [0.15, 0.2) is 30.9 Å². The summed E-state index contributed by atoms with van der Waals surface area (Å²) >= 11 is 6.04. The Morgan fingerprint density at radius 2 is 2.03 bits per heavy atom. The molecule has 29 heavy (non-hydrogen) atoms. The molecule has 0 spiro atoms. The van der Waals surface area contributed by atoms with Crippen molar-refractivity contribution in [3.05, 3.63) is 35.9 Å². The molecule has 1 aromatic carbocycles. The second-order valence-corrected chi connectivity index (χ2v) is 9.19. The Hall–Kier alpha value is -2.22. The predicted octanol–water partition coefficient (Wildman–Crippen LogP) is 4.47. The first kappa shape index (κ1) is 18.8. The normalized spacial score (nSPS) is 32.6. The maximum atomic E-state index is 13.4. The third kappa shape index (κ3) is 3.17. The van der Waals surface area contributed by atoms with Crippen molar-refractivity contribution in [2.45, 2.75) is 50.7 Å². The molecule has 4 saturated carbocycles. The molecule has 0 aliphatic heterocycles. The quantitative estimate of drug-likeness (QED) is 0.772. The summed E-state index contributed by atoms with van der Waals surface area (Å²) in [4.78, 5) is 17.5. The van der Waals surface area contributed by atoms with E-state index in [1.54, 1.807) is 12.7 Å². The van der Waals surface area contributed by atoms with Crippen LogP contribution in [-0.2, 0) is 10.3 Å². The van der Waals surface area contributed by atoms with E-state index in [1.807, 2.05) is 4.68 Å². The fraction of sp³-hybridized carbons (Fsp3) is 0.550. The third-order valence-electron chi connectivity index (χ3n) is 6.82. The van der Waals surface area contributed by atoms with Gasteiger partial charge in [0, 0.05) is 5.69 Å². The van der Waals surface area contributed by atoms with E-state index in [4.69, 9.17) is 11.6 Å². The first-order valence-electron chi connectivity index (χ1n) is 9.78. The van der Waals surface area contributed by atoms with Gasteiger partial charge in [0.1, 0.15) is 18.4 Å². The summed E-state index contributed by atoms with van der Waals surface area (Å²) in [5.74, 6) is 0.850. The highest BCUT2D eigenvalue weighted by Crippen LogP contribution is 2.64. The molecule has 6 rings (SSSR count). The Labute approximate surface area is 171 Å². The summed E-state index contributed by atoms with van der Waals surface area (Å²) in [5.41, 5.74) is -0.127. The molecule has 1 aromatic heterocycles. The number of alkyl halides is 2. The van der Waals surface area contributed by atoms with Gasteiger partial charge in [-0.05, 0) is 68.6 Å². The maximum Gasteiger partial charge on any atom is 0.387 e. The van der Waals surface area contributed by atoms with Crippen molar-refractivity contribution in [3.8, 4) is 5.75 Å². The minimum atomic E-state index is -2.95. The highest BCUT2D eigenvalue weighted by Gasteiger charge is 2.61. The van der Waals surface area contributed by atoms with Gasteiger partial charge in [0.15, 0.2) is 0 Å². The molecule has 6 nitrogen and oxygen atoms in total. The van der Waals surface area contributed by atoms with Crippen LogP contribution in [0.2, 0.25) is 5.02 Å². The van der Waals surface area contributed by atoms with E-state index < -0.39 is 12.0 Å². The zero-order valence-corrected chi connectivity index (χ0v) is 16.4. The summed E-state index contributed by atoms with van der Waals surface area (Å²) in [6, 6.07) is 4.33. The molecule has 4 bridgehead atoms. The van der Waals surface area contributed by atoms with E-state index in [2.05, 4.69) is 20.1 Å². The first-order chi connectivity index (χ1) is 13.9. The number of hydrogen-bond donors (Lipinski definition) is 1. The fourth-order valence-corrected chi connectivity index (χ4v) is 6.46. The lowest BCUT2D eigenvalue weighted by molar-refractivity contribution is -0.150. The van der Waals surface area contributed by atoms with Crippen molar-refractivity contribution in [2.75, 3.05) is 5.32 Å². The molecule has 4 aliphatic carbocycles. The topological polar surface area (TPSA) is 69.0 Å². The Morgan fingerprint density at radius 1 is 1.28 bits per heavy atom. The highest BCUT2D eigenvalue weighted by atomic mass is 35.5. The Balaban J connectivity index is 1.39. The summed E-state index contributed by atoms with van der Waals surface area (Å²) in [5, 5.41) is 7.41. The third-order valence-corrected chi connectivity index (χ3v) is 7.12. The van der Waals surface area contributed by atoms with E-state index in [1.165, 1.54) is 18.2 Å². The molecular weight excluding hydrogens is 402 g/mol. The van der Waals surface area contributed by atoms with E-state index in [9.17, 15) is 13.6 Å². The van der Waals surface area contributed by atoms with Crippen molar-refractivity contribution in [1.29, 1.82) is 0 Å². The summed E-state index contributed by atoms with van der Waals surface area (Å²) in [7, 11) is 0. The highest BCUT2D eigenvalue weighted by molar-refractivity contribution is 6.32. The molecule has 1 N–H and O–H groups in total. The Morgan fingerprint density at radius 3 is 2.66 bits per heavy atom. The number of aromatic nitrogens is 3. The minimum absolute atomic E-state index is 0.0327. The SMILES string of the molecule is O=C(Nc1ccc(OC(F)F)c(Cl)c1)C12CC3CC(C1)CC(n1cncn1)(C3)C2. The van der Waals surface area contributed by atoms with Gasteiger partial charge in [0.05, 0.1) is 16.0 Å². The minimum Gasteiger partial charge on any atom is -0.433 e. The smallest absolute Gasteiger partial charge is 0.387 e. The molecular formula is C20H21ClF2N4O2. The lowest BCUT2D eigenvalue weighted by Gasteiger charge is -2.60. The van der Waals surface area contributed by atoms with E-state index in [0.717, 1.165) is 38.5 Å². The average molecular weight is 423 g/mol. The summed E-state index contributed by atoms with van der Waals surface area (Å²) < 4.78 is 31.2. The zero-order chi connectivity index (χ0) is 20.2. The van der Waals surface area contributed by atoms with Gasteiger partial charge in [-0.3, -0.25) is 4.79 Å². The number of halogens is 3. The summed E-state index contributed by atoms with van der Waals surface area (Å²) in [6.07, 6.45) is 9.02. The number of anilines is 1. The Kier molecular flexibility index (Phi) is 4.31. The molecule has 2 unspecified atom stereocenters. The van der Waals surface area contributed by atoms with Crippen LogP contribution in [0.1, 0.15) is 38.5 Å². The number of rotatable bonds is 5. The zero-order valence-electron chi connectivity index (χ0n) is 15.7. The van der Waals surface area contributed by atoms with Crippen molar-refractivity contribution in [1.82, 2.24) is 14.8 Å². The van der Waals surface area contributed by atoms with Crippen LogP contribution in [0.4, 0.5) is 14.5 Å². The van der Waals surface area contributed by atoms with Crippen molar-refractivity contribution in [3.63, 3.8) is 0 Å². The second kappa shape index (κ2) is 6.65. The number of hydrogen-bond acceptors (Lipinski definition) is 4. The van der Waals surface area contributed by atoms with Crippen LogP contribution in [0, 0.1) is 17.3 Å². The van der Waals surface area contributed by atoms with Gasteiger partial charge in [-0.25, -0.2) is 9.67 Å². The number of amides is 1. The number of nitrogens with one attached hydrogen (secondary N) is 1. The van der Waals surface area contributed by atoms with Gasteiger partial charge in [-0.2, -0.15) is 13.9 Å². The van der Waals surface area contributed by atoms with Crippen LogP contribution in [0.5, 0.6) is 5.75 Å². The number of benzene rings is 1. The molecule has 154 valence electrons. The van der Waals surface area contributed by atoms with E-state index in [0.29, 0.717) is 17.5 Å².